The van der Waals surface area contributed by atoms with Crippen molar-refractivity contribution in [1.82, 2.24) is 9.97 Å². The van der Waals surface area contributed by atoms with Crippen molar-refractivity contribution in [3.05, 3.63) is 243 Å². The van der Waals surface area contributed by atoms with Gasteiger partial charge in [0.05, 0.1) is 53.7 Å². The van der Waals surface area contributed by atoms with Crippen LogP contribution in [0.1, 0.15) is 0 Å². The Morgan fingerprint density at radius 3 is 0.688 bits per heavy atom. The van der Waals surface area contributed by atoms with Crippen LogP contribution in [0.25, 0.3) is 44.1 Å². The Morgan fingerprint density at radius 1 is 0.260 bits per heavy atom. The summed E-state index contributed by atoms with van der Waals surface area (Å²) in [6.07, 6.45) is 3.75. The Morgan fingerprint density at radius 2 is 0.481 bits per heavy atom. The van der Waals surface area contributed by atoms with Crippen LogP contribution in [0.3, 0.4) is 0 Å². The predicted molar refractivity (Wildman–Crippen MR) is 318 cm³/mol. The fraction of sp³-hybridized carbons (Fsp3) is 0.0909. The molecule has 11 rings (SSSR count). The molecule has 0 unspecified atom stereocenters. The second-order valence-corrected chi connectivity index (χ2v) is 21.6. The van der Waals surface area contributed by atoms with Crippen molar-refractivity contribution >= 4 is 69.5 Å². The van der Waals surface area contributed by atoms with Gasteiger partial charge in [-0.25, -0.2) is 0 Å². The van der Waals surface area contributed by atoms with Gasteiger partial charge in [-0.2, -0.15) is 0 Å². The molecular weight excluding hydrogens is 1040 g/mol. The number of ether oxygens (including phenoxy) is 6. The van der Waals surface area contributed by atoms with Gasteiger partial charge in [0.25, 0.3) is 0 Å². The molecule has 2 aromatic heterocycles. The Balaban J connectivity index is 0.000000152. The van der Waals surface area contributed by atoms with Crippen LogP contribution < -0.4 is 60.2 Å². The molecule has 8 nitrogen and oxygen atoms in total. The van der Waals surface area contributed by atoms with Crippen LogP contribution >= 0.6 is 15.8 Å². The van der Waals surface area contributed by atoms with Crippen molar-refractivity contribution in [2.75, 3.05) is 42.7 Å². The van der Waals surface area contributed by atoms with Gasteiger partial charge >= 0.3 is 0 Å². The maximum absolute atomic E-state index is 5.30. The third-order valence-corrected chi connectivity index (χ3v) is 17.7. The van der Waals surface area contributed by atoms with E-state index in [2.05, 4.69) is 156 Å². The van der Waals surface area contributed by atoms with Crippen LogP contribution in [-0.4, -0.2) is 52.6 Å². The topological polar surface area (TPSA) is 81.2 Å². The smallest absolute Gasteiger partial charge is 0.118 e. The summed E-state index contributed by atoms with van der Waals surface area (Å²) in [4.78, 5) is 9.34. The van der Waals surface area contributed by atoms with Crippen LogP contribution in [0.2, 0.25) is 0 Å². The van der Waals surface area contributed by atoms with Crippen LogP contribution in [0, 0.1) is 0 Å². The quantitative estimate of drug-likeness (QED) is 0.0605. The maximum atomic E-state index is 5.30. The number of hydrogen-bond acceptors (Lipinski definition) is 8. The molecule has 0 N–H and O–H groups in total. The van der Waals surface area contributed by atoms with E-state index in [0.717, 1.165) is 56.3 Å². The molecule has 0 aliphatic rings. The molecule has 0 saturated heterocycles. The number of methoxy groups -OCH3 is 6. The SMILES string of the molecule is COc1ccc(P(c2ccc(OC)cc2)c2ccc(OC)cc2)cc1.COc1ccc(P(c2ccc(OC)cc2)c2ccc(OC)cc2)cc1.[Cu].c1ccc(-c2ccnc3c2ccc2c(-c4ccccc4)ccnc23)cc1. The summed E-state index contributed by atoms with van der Waals surface area (Å²) in [6.45, 7) is 0. The average Bonchev–Trinajstić information content (AvgIpc) is 3.51. The van der Waals surface area contributed by atoms with E-state index < -0.39 is 15.8 Å². The zero-order valence-electron chi connectivity index (χ0n) is 43.6. The Hall–Kier alpha value is -8.02. The summed E-state index contributed by atoms with van der Waals surface area (Å²) in [6, 6.07) is 79.1. The standard InChI is InChI=1S/C24H16N2.2C21H21O3P.Cu/c1-3-7-17(8-4-1)19-13-15-25-23-21(19)11-12-22-20(14-16-26-24(22)23)18-9-5-2-6-10-18;2*1-22-16-4-10-19(11-5-16)25(20-12-6-17(23-2)7-13-20)21-14-8-18(24-3)9-15-21;/h1-16H;2*4-15H,1-3H3;. The molecule has 0 aliphatic heterocycles. The van der Waals surface area contributed by atoms with Crippen molar-refractivity contribution in [3.63, 3.8) is 0 Å². The molecule has 11 heteroatoms. The fourth-order valence-corrected chi connectivity index (χ4v) is 13.3. The number of aromatic nitrogens is 2. The zero-order valence-corrected chi connectivity index (χ0v) is 46.4. The van der Waals surface area contributed by atoms with E-state index in [9.17, 15) is 0 Å². The van der Waals surface area contributed by atoms with Gasteiger partial charge in [-0.3, -0.25) is 9.97 Å². The summed E-state index contributed by atoms with van der Waals surface area (Å²) in [5.74, 6) is 5.18. The van der Waals surface area contributed by atoms with E-state index in [0.29, 0.717) is 0 Å². The van der Waals surface area contributed by atoms with E-state index in [1.165, 1.54) is 54.1 Å². The van der Waals surface area contributed by atoms with Gasteiger partial charge in [-0.15, -0.1) is 0 Å². The molecular formula is C66H58CuN2O6P2. The number of benzene rings is 9. The number of rotatable bonds is 14. The number of fused-ring (bicyclic) bond motifs is 3. The predicted octanol–water partition coefficient (Wildman–Crippen LogP) is 13.1. The van der Waals surface area contributed by atoms with Crippen molar-refractivity contribution in [1.29, 1.82) is 0 Å². The Labute approximate surface area is 464 Å². The molecule has 389 valence electrons. The van der Waals surface area contributed by atoms with E-state index >= 15 is 0 Å². The van der Waals surface area contributed by atoms with Crippen molar-refractivity contribution < 1.29 is 45.5 Å². The third-order valence-electron chi connectivity index (χ3n) is 12.8. The molecule has 11 aromatic rings. The van der Waals surface area contributed by atoms with E-state index in [1.807, 2.05) is 97.3 Å². The summed E-state index contributed by atoms with van der Waals surface area (Å²) < 4.78 is 31.8. The van der Waals surface area contributed by atoms with Crippen LogP contribution in [0.4, 0.5) is 0 Å². The van der Waals surface area contributed by atoms with Crippen LogP contribution in [-0.2, 0) is 17.1 Å². The fourth-order valence-electron chi connectivity index (χ4n) is 8.85. The molecule has 0 bridgehead atoms. The molecule has 9 aromatic carbocycles. The molecule has 0 aliphatic carbocycles. The summed E-state index contributed by atoms with van der Waals surface area (Å²) in [7, 11) is 8.78. The molecule has 1 radical (unpaired) electrons. The van der Waals surface area contributed by atoms with Crippen molar-refractivity contribution in [2.45, 2.75) is 0 Å². The van der Waals surface area contributed by atoms with E-state index in [4.69, 9.17) is 28.4 Å². The second-order valence-electron chi connectivity index (χ2n) is 17.2. The molecule has 0 fully saturated rings. The minimum atomic E-state index is -0.665. The average molecular weight is 1100 g/mol. The first-order valence-electron chi connectivity index (χ1n) is 24.6. The third kappa shape index (κ3) is 13.3. The van der Waals surface area contributed by atoms with Crippen LogP contribution in [0.15, 0.2) is 243 Å². The summed E-state index contributed by atoms with van der Waals surface area (Å²) >= 11 is 0. The molecule has 0 spiro atoms. The van der Waals surface area contributed by atoms with Gasteiger partial charge < -0.3 is 28.4 Å². The second kappa shape index (κ2) is 27.2. The normalized spacial score (nSPS) is 10.6. The van der Waals surface area contributed by atoms with Crippen molar-refractivity contribution in [2.24, 2.45) is 0 Å². The van der Waals surface area contributed by atoms with Gasteiger partial charge in [0.15, 0.2) is 0 Å². The Bertz CT molecular complexity index is 3110. The van der Waals surface area contributed by atoms with Crippen LogP contribution in [0.5, 0.6) is 34.5 Å². The van der Waals surface area contributed by atoms with E-state index in [1.54, 1.807) is 42.7 Å². The maximum Gasteiger partial charge on any atom is 0.118 e. The van der Waals surface area contributed by atoms with Gasteiger partial charge in [0.2, 0.25) is 0 Å². The Kier molecular flexibility index (Phi) is 19.5. The van der Waals surface area contributed by atoms with Crippen molar-refractivity contribution in [3.8, 4) is 56.8 Å². The summed E-state index contributed by atoms with van der Waals surface area (Å²) in [5.41, 5.74) is 6.65. The summed E-state index contributed by atoms with van der Waals surface area (Å²) in [5, 5.41) is 9.87. The monoisotopic (exact) mass is 1100 g/mol. The first-order chi connectivity index (χ1) is 37.4. The number of hydrogen-bond donors (Lipinski definition) is 0. The molecule has 77 heavy (non-hydrogen) atoms. The largest absolute Gasteiger partial charge is 0.497 e. The molecule has 2 heterocycles. The first kappa shape index (κ1) is 55.2. The molecule has 0 atom stereocenters. The number of pyridine rings is 2. The molecule has 0 saturated carbocycles. The van der Waals surface area contributed by atoms with Gasteiger partial charge in [-0.05, 0) is 155 Å². The zero-order chi connectivity index (χ0) is 52.6. The van der Waals surface area contributed by atoms with E-state index in [-0.39, 0.29) is 17.1 Å². The minimum absolute atomic E-state index is 0. The minimum Gasteiger partial charge on any atom is -0.497 e. The first-order valence-corrected chi connectivity index (χ1v) is 27.3. The van der Waals surface area contributed by atoms with Gasteiger partial charge in [0, 0.05) is 40.2 Å². The number of nitrogens with zero attached hydrogens (tertiary/aromatic N) is 2. The van der Waals surface area contributed by atoms with Gasteiger partial charge in [-0.1, -0.05) is 146 Å². The molecule has 0 amide bonds. The van der Waals surface area contributed by atoms with Gasteiger partial charge in [0.1, 0.15) is 34.5 Å².